The molecule has 0 heterocycles. The predicted molar refractivity (Wildman–Crippen MR) is 68.2 cm³/mol. The van der Waals surface area contributed by atoms with Crippen molar-refractivity contribution in [1.29, 1.82) is 0 Å². The van der Waals surface area contributed by atoms with E-state index in [9.17, 15) is 9.59 Å². The van der Waals surface area contributed by atoms with Gasteiger partial charge in [-0.1, -0.05) is 12.1 Å². The topological polar surface area (TPSA) is 81.4 Å². The van der Waals surface area contributed by atoms with Crippen LogP contribution in [0.15, 0.2) is 24.3 Å². The molecule has 1 rings (SSSR count). The van der Waals surface area contributed by atoms with Crippen molar-refractivity contribution >= 4 is 11.8 Å². The number of benzene rings is 1. The normalized spacial score (nSPS) is 13.5. The first-order valence-corrected chi connectivity index (χ1v) is 5.69. The molecule has 5 heteroatoms. The minimum Gasteiger partial charge on any atom is -0.497 e. The van der Waals surface area contributed by atoms with Gasteiger partial charge in [0, 0.05) is 0 Å². The molecule has 98 valence electrons. The third kappa shape index (κ3) is 3.48. The summed E-state index contributed by atoms with van der Waals surface area (Å²) in [5.74, 6) is -0.397. The van der Waals surface area contributed by atoms with E-state index in [-0.39, 0.29) is 11.8 Å². The number of hydrogen-bond donors (Lipinski definition) is 2. The van der Waals surface area contributed by atoms with Crippen LogP contribution in [-0.4, -0.2) is 25.0 Å². The van der Waals surface area contributed by atoms with Crippen molar-refractivity contribution in [2.45, 2.75) is 25.8 Å². The van der Waals surface area contributed by atoms with Crippen LogP contribution >= 0.6 is 0 Å². The van der Waals surface area contributed by atoms with Crippen LogP contribution in [0.4, 0.5) is 0 Å². The van der Waals surface area contributed by atoms with E-state index in [0.717, 1.165) is 11.3 Å². The van der Waals surface area contributed by atoms with Gasteiger partial charge in [0.25, 0.3) is 0 Å². The molecular formula is C13H18N2O3. The standard InChI is InChI=1S/C13H18N2O3/c1-8(13(17)15-9(2)12(14)16)10-4-6-11(18-3)7-5-10/h4-9H,1-3H3,(H2,14,16)(H,15,17)/t8?,9-/m0/s1. The Morgan fingerprint density at radius 2 is 1.78 bits per heavy atom. The van der Waals surface area contributed by atoms with Crippen LogP contribution < -0.4 is 15.8 Å². The molecule has 0 fully saturated rings. The molecular weight excluding hydrogens is 232 g/mol. The van der Waals surface area contributed by atoms with Gasteiger partial charge >= 0.3 is 0 Å². The maximum atomic E-state index is 11.9. The lowest BCUT2D eigenvalue weighted by molar-refractivity contribution is -0.127. The number of methoxy groups -OCH3 is 1. The Balaban J connectivity index is 2.70. The van der Waals surface area contributed by atoms with E-state index in [1.54, 1.807) is 33.1 Å². The number of ether oxygens (including phenoxy) is 1. The smallest absolute Gasteiger partial charge is 0.239 e. The number of nitrogens with one attached hydrogen (secondary N) is 1. The van der Waals surface area contributed by atoms with Crippen LogP contribution in [0, 0.1) is 0 Å². The molecule has 0 aromatic heterocycles. The van der Waals surface area contributed by atoms with Gasteiger partial charge in [-0.25, -0.2) is 0 Å². The van der Waals surface area contributed by atoms with Gasteiger partial charge in [-0.15, -0.1) is 0 Å². The van der Waals surface area contributed by atoms with Crippen LogP contribution in [0.25, 0.3) is 0 Å². The van der Waals surface area contributed by atoms with E-state index < -0.39 is 11.9 Å². The van der Waals surface area contributed by atoms with E-state index in [1.165, 1.54) is 0 Å². The summed E-state index contributed by atoms with van der Waals surface area (Å²) in [5, 5.41) is 2.56. The molecule has 2 amide bonds. The quantitative estimate of drug-likeness (QED) is 0.810. The van der Waals surface area contributed by atoms with Crippen LogP contribution in [-0.2, 0) is 9.59 Å². The predicted octanol–water partition coefficient (Wildman–Crippen LogP) is 0.789. The van der Waals surface area contributed by atoms with Gasteiger partial charge in [0.05, 0.1) is 13.0 Å². The van der Waals surface area contributed by atoms with Gasteiger partial charge in [0.2, 0.25) is 11.8 Å². The number of hydrogen-bond acceptors (Lipinski definition) is 3. The van der Waals surface area contributed by atoms with Gasteiger partial charge in [0.15, 0.2) is 0 Å². The Morgan fingerprint density at radius 3 is 2.22 bits per heavy atom. The Kier molecular flexibility index (Phi) is 4.71. The molecule has 2 atom stereocenters. The molecule has 1 aromatic carbocycles. The minimum absolute atomic E-state index is 0.230. The zero-order chi connectivity index (χ0) is 13.7. The maximum Gasteiger partial charge on any atom is 0.239 e. The van der Waals surface area contributed by atoms with E-state index in [4.69, 9.17) is 10.5 Å². The zero-order valence-corrected chi connectivity index (χ0v) is 10.8. The fraction of sp³-hybridized carbons (Fsp3) is 0.385. The number of primary amides is 1. The lowest BCUT2D eigenvalue weighted by atomic mass is 10.00. The van der Waals surface area contributed by atoms with E-state index in [0.29, 0.717) is 0 Å². The summed E-state index contributed by atoms with van der Waals surface area (Å²) in [4.78, 5) is 22.7. The first-order chi connectivity index (χ1) is 8.45. The highest BCUT2D eigenvalue weighted by atomic mass is 16.5. The summed E-state index contributed by atoms with van der Waals surface area (Å²) in [6.45, 7) is 3.33. The second-order valence-corrected chi connectivity index (χ2v) is 4.13. The van der Waals surface area contributed by atoms with Gasteiger partial charge in [-0.2, -0.15) is 0 Å². The van der Waals surface area contributed by atoms with Crippen LogP contribution in [0.3, 0.4) is 0 Å². The molecule has 0 bridgehead atoms. The van der Waals surface area contributed by atoms with E-state index in [2.05, 4.69) is 5.32 Å². The highest BCUT2D eigenvalue weighted by Gasteiger charge is 2.19. The third-order valence-electron chi connectivity index (χ3n) is 2.79. The fourth-order valence-corrected chi connectivity index (χ4v) is 1.45. The van der Waals surface area contributed by atoms with Crippen molar-refractivity contribution in [1.82, 2.24) is 5.32 Å². The number of amides is 2. The van der Waals surface area contributed by atoms with Crippen molar-refractivity contribution in [3.63, 3.8) is 0 Å². The summed E-state index contributed by atoms with van der Waals surface area (Å²) in [6.07, 6.45) is 0. The molecule has 0 aliphatic rings. The summed E-state index contributed by atoms with van der Waals surface area (Å²) in [6, 6.07) is 6.54. The Bertz CT molecular complexity index is 428. The summed E-state index contributed by atoms with van der Waals surface area (Å²) >= 11 is 0. The molecule has 1 unspecified atom stereocenters. The fourth-order valence-electron chi connectivity index (χ4n) is 1.45. The van der Waals surface area contributed by atoms with Gasteiger partial charge < -0.3 is 15.8 Å². The maximum absolute atomic E-state index is 11.9. The number of nitrogens with two attached hydrogens (primary N) is 1. The molecule has 0 aliphatic carbocycles. The Hall–Kier alpha value is -2.04. The third-order valence-corrected chi connectivity index (χ3v) is 2.79. The van der Waals surface area contributed by atoms with E-state index in [1.807, 2.05) is 12.1 Å². The molecule has 18 heavy (non-hydrogen) atoms. The van der Waals surface area contributed by atoms with Gasteiger partial charge in [0.1, 0.15) is 11.8 Å². The minimum atomic E-state index is -0.668. The monoisotopic (exact) mass is 250 g/mol. The molecule has 1 aromatic rings. The zero-order valence-electron chi connectivity index (χ0n) is 10.8. The number of rotatable bonds is 5. The van der Waals surface area contributed by atoms with Gasteiger partial charge in [-0.05, 0) is 31.5 Å². The van der Waals surface area contributed by atoms with Crippen LogP contribution in [0.5, 0.6) is 5.75 Å². The largest absolute Gasteiger partial charge is 0.497 e. The first kappa shape index (κ1) is 14.0. The molecule has 5 nitrogen and oxygen atoms in total. The molecule has 0 radical (unpaired) electrons. The SMILES string of the molecule is COc1ccc(C(C)C(=O)N[C@@H](C)C(N)=O)cc1. The van der Waals surface area contributed by atoms with Crippen LogP contribution in [0.2, 0.25) is 0 Å². The highest BCUT2D eigenvalue weighted by Crippen LogP contribution is 2.19. The Morgan fingerprint density at radius 1 is 1.22 bits per heavy atom. The van der Waals surface area contributed by atoms with Gasteiger partial charge in [-0.3, -0.25) is 9.59 Å². The average molecular weight is 250 g/mol. The highest BCUT2D eigenvalue weighted by molar-refractivity contribution is 5.89. The number of carbonyl (C=O) groups excluding carboxylic acids is 2. The molecule has 0 spiro atoms. The molecule has 0 aliphatic heterocycles. The molecule has 0 saturated heterocycles. The second-order valence-electron chi connectivity index (χ2n) is 4.13. The van der Waals surface area contributed by atoms with E-state index >= 15 is 0 Å². The lowest BCUT2D eigenvalue weighted by Gasteiger charge is -2.15. The Labute approximate surface area is 106 Å². The second kappa shape index (κ2) is 6.05. The van der Waals surface area contributed by atoms with Crippen molar-refractivity contribution < 1.29 is 14.3 Å². The van der Waals surface area contributed by atoms with Crippen molar-refractivity contribution in [3.05, 3.63) is 29.8 Å². The molecule has 3 N–H and O–H groups in total. The summed E-state index contributed by atoms with van der Waals surface area (Å²) in [5.41, 5.74) is 5.94. The molecule has 0 saturated carbocycles. The van der Waals surface area contributed by atoms with Crippen molar-refractivity contribution in [2.24, 2.45) is 5.73 Å². The number of carbonyl (C=O) groups is 2. The summed E-state index contributed by atoms with van der Waals surface area (Å²) in [7, 11) is 1.58. The summed E-state index contributed by atoms with van der Waals surface area (Å²) < 4.78 is 5.04. The first-order valence-electron chi connectivity index (χ1n) is 5.69. The van der Waals surface area contributed by atoms with Crippen molar-refractivity contribution in [3.8, 4) is 5.75 Å². The van der Waals surface area contributed by atoms with Crippen molar-refractivity contribution in [2.75, 3.05) is 7.11 Å². The van der Waals surface area contributed by atoms with Crippen LogP contribution in [0.1, 0.15) is 25.3 Å². The lowest BCUT2D eigenvalue weighted by Crippen LogP contribution is -2.43. The average Bonchev–Trinajstić information content (AvgIpc) is 2.37.